The molecule has 0 atom stereocenters. The third-order valence-corrected chi connectivity index (χ3v) is 4.35. The predicted molar refractivity (Wildman–Crippen MR) is 73.6 cm³/mol. The maximum absolute atomic E-state index is 9.50. The third-order valence-electron chi connectivity index (χ3n) is 4.35. The molecule has 0 aromatic heterocycles. The minimum Gasteiger partial charge on any atom is -0.198 e. The zero-order chi connectivity index (χ0) is 12.9. The van der Waals surface area contributed by atoms with Crippen LogP contribution >= 0.6 is 0 Å². The van der Waals surface area contributed by atoms with E-state index in [-0.39, 0.29) is 5.41 Å². The third kappa shape index (κ3) is 4.70. The summed E-state index contributed by atoms with van der Waals surface area (Å²) >= 11 is 0. The van der Waals surface area contributed by atoms with Gasteiger partial charge in [-0.1, -0.05) is 40.5 Å². The minimum absolute atomic E-state index is 0.0114. The van der Waals surface area contributed by atoms with E-state index in [1.54, 1.807) is 0 Å². The molecule has 1 rings (SSSR count). The van der Waals surface area contributed by atoms with Crippen LogP contribution in [0.3, 0.4) is 0 Å². The summed E-state index contributed by atoms with van der Waals surface area (Å²) in [4.78, 5) is 0. The molecule has 0 radical (unpaired) electrons. The van der Waals surface area contributed by atoms with E-state index in [4.69, 9.17) is 0 Å². The summed E-state index contributed by atoms with van der Waals surface area (Å²) in [5.74, 6) is 0.899. The molecule has 1 nitrogen and oxygen atoms in total. The lowest BCUT2D eigenvalue weighted by atomic mass is 9.66. The van der Waals surface area contributed by atoms with Crippen molar-refractivity contribution in [3.8, 4) is 6.07 Å². The van der Waals surface area contributed by atoms with E-state index >= 15 is 0 Å². The molecule has 0 bridgehead atoms. The van der Waals surface area contributed by atoms with Gasteiger partial charge in [0, 0.05) is 0 Å². The molecule has 0 saturated heterocycles. The van der Waals surface area contributed by atoms with Crippen LogP contribution in [0.4, 0.5) is 0 Å². The highest BCUT2D eigenvalue weighted by Gasteiger charge is 2.35. The zero-order valence-corrected chi connectivity index (χ0v) is 12.2. The molecule has 1 aliphatic carbocycles. The molecule has 0 aromatic carbocycles. The Hall–Kier alpha value is -0.510. The van der Waals surface area contributed by atoms with Gasteiger partial charge in [0.1, 0.15) is 0 Å². The van der Waals surface area contributed by atoms with Gasteiger partial charge in [-0.25, -0.2) is 0 Å². The molecule has 1 heteroatoms. The van der Waals surface area contributed by atoms with Gasteiger partial charge in [-0.2, -0.15) is 5.26 Å². The fraction of sp³-hybridized carbons (Fsp3) is 0.938. The number of hydrogen-bond acceptors (Lipinski definition) is 1. The first-order valence-corrected chi connectivity index (χ1v) is 7.32. The van der Waals surface area contributed by atoms with Crippen LogP contribution in [-0.2, 0) is 0 Å². The fourth-order valence-electron chi connectivity index (χ4n) is 2.96. The molecule has 17 heavy (non-hydrogen) atoms. The quantitative estimate of drug-likeness (QED) is 0.647. The smallest absolute Gasteiger partial charge is 0.0689 e. The van der Waals surface area contributed by atoms with Gasteiger partial charge in [0.25, 0.3) is 0 Å². The highest BCUT2D eigenvalue weighted by atomic mass is 14.4. The number of hydrogen-bond donors (Lipinski definition) is 0. The van der Waals surface area contributed by atoms with Crippen LogP contribution in [0, 0.1) is 28.1 Å². The van der Waals surface area contributed by atoms with Gasteiger partial charge < -0.3 is 0 Å². The van der Waals surface area contributed by atoms with Crippen molar-refractivity contribution in [1.29, 1.82) is 5.26 Å². The van der Waals surface area contributed by atoms with Crippen molar-refractivity contribution in [3.63, 3.8) is 0 Å². The SMILES string of the molecule is CCCC1CCC(C#N)(CCC(C)(C)C)CC1. The Morgan fingerprint density at radius 3 is 2.24 bits per heavy atom. The second-order valence-corrected chi connectivity index (χ2v) is 7.18. The molecule has 0 aliphatic heterocycles. The van der Waals surface area contributed by atoms with Crippen molar-refractivity contribution in [2.75, 3.05) is 0 Å². The van der Waals surface area contributed by atoms with Crippen molar-refractivity contribution in [2.45, 2.75) is 79.1 Å². The molecule has 98 valence electrons. The highest BCUT2D eigenvalue weighted by molar-refractivity contribution is 5.01. The predicted octanol–water partition coefficient (Wildman–Crippen LogP) is 5.31. The second-order valence-electron chi connectivity index (χ2n) is 7.18. The average Bonchev–Trinajstić information content (AvgIpc) is 2.28. The van der Waals surface area contributed by atoms with Gasteiger partial charge in [-0.3, -0.25) is 0 Å². The molecule has 1 saturated carbocycles. The van der Waals surface area contributed by atoms with Crippen LogP contribution in [0.1, 0.15) is 79.1 Å². The van der Waals surface area contributed by atoms with Crippen molar-refractivity contribution in [3.05, 3.63) is 0 Å². The van der Waals surface area contributed by atoms with Crippen molar-refractivity contribution >= 4 is 0 Å². The first-order valence-electron chi connectivity index (χ1n) is 7.32. The first-order chi connectivity index (χ1) is 7.91. The molecule has 0 N–H and O–H groups in total. The molecule has 1 aliphatic rings. The monoisotopic (exact) mass is 235 g/mol. The fourth-order valence-corrected chi connectivity index (χ4v) is 2.96. The van der Waals surface area contributed by atoms with Crippen molar-refractivity contribution < 1.29 is 0 Å². The zero-order valence-electron chi connectivity index (χ0n) is 12.2. The minimum atomic E-state index is 0.0114. The number of nitrogens with zero attached hydrogens (tertiary/aromatic N) is 1. The number of nitriles is 1. The normalized spacial score (nSPS) is 29.9. The van der Waals surface area contributed by atoms with Gasteiger partial charge in [-0.15, -0.1) is 0 Å². The standard InChI is InChI=1S/C16H29N/c1-5-6-14-7-9-16(13-17,10-8-14)12-11-15(2,3)4/h14H,5-12H2,1-4H3. The summed E-state index contributed by atoms with van der Waals surface area (Å²) in [6, 6.07) is 2.65. The lowest BCUT2D eigenvalue weighted by Gasteiger charge is -2.36. The Bertz CT molecular complexity index is 258. The van der Waals surface area contributed by atoms with Gasteiger partial charge in [0.15, 0.2) is 0 Å². The van der Waals surface area contributed by atoms with Crippen LogP contribution in [0.25, 0.3) is 0 Å². The summed E-state index contributed by atoms with van der Waals surface area (Å²) in [7, 11) is 0. The molecule has 0 heterocycles. The molecule has 0 unspecified atom stereocenters. The van der Waals surface area contributed by atoms with Crippen molar-refractivity contribution in [2.24, 2.45) is 16.7 Å². The van der Waals surface area contributed by atoms with Crippen LogP contribution in [0.5, 0.6) is 0 Å². The molecular formula is C16H29N. The molecular weight excluding hydrogens is 206 g/mol. The van der Waals surface area contributed by atoms with Crippen molar-refractivity contribution in [1.82, 2.24) is 0 Å². The summed E-state index contributed by atoms with van der Waals surface area (Å²) < 4.78 is 0. The second kappa shape index (κ2) is 5.89. The lowest BCUT2D eigenvalue weighted by molar-refractivity contribution is 0.167. The van der Waals surface area contributed by atoms with Crippen LogP contribution < -0.4 is 0 Å². The topological polar surface area (TPSA) is 23.8 Å². The van der Waals surface area contributed by atoms with E-state index in [0.717, 1.165) is 25.2 Å². The van der Waals surface area contributed by atoms with E-state index in [9.17, 15) is 5.26 Å². The summed E-state index contributed by atoms with van der Waals surface area (Å²) in [5.41, 5.74) is 0.377. The van der Waals surface area contributed by atoms with Gasteiger partial charge in [0.05, 0.1) is 11.5 Å². The van der Waals surface area contributed by atoms with E-state index in [0.29, 0.717) is 5.41 Å². The Kier molecular flexibility index (Phi) is 5.04. The summed E-state index contributed by atoms with van der Waals surface area (Å²) in [5, 5.41) is 9.50. The van der Waals surface area contributed by atoms with E-state index < -0.39 is 0 Å². The van der Waals surface area contributed by atoms with Gasteiger partial charge >= 0.3 is 0 Å². The highest BCUT2D eigenvalue weighted by Crippen LogP contribution is 2.44. The average molecular weight is 235 g/mol. The van der Waals surface area contributed by atoms with E-state index in [1.165, 1.54) is 32.1 Å². The largest absolute Gasteiger partial charge is 0.198 e. The van der Waals surface area contributed by atoms with E-state index in [1.807, 2.05) is 0 Å². The first kappa shape index (κ1) is 14.6. The Labute approximate surface area is 108 Å². The molecule has 0 amide bonds. The van der Waals surface area contributed by atoms with Crippen LogP contribution in [0.15, 0.2) is 0 Å². The maximum Gasteiger partial charge on any atom is 0.0689 e. The number of rotatable bonds is 4. The van der Waals surface area contributed by atoms with E-state index in [2.05, 4.69) is 33.8 Å². The summed E-state index contributed by atoms with van der Waals surface area (Å²) in [6.07, 6.45) is 9.80. The summed E-state index contributed by atoms with van der Waals surface area (Å²) in [6.45, 7) is 9.11. The molecule has 1 fully saturated rings. The molecule has 0 spiro atoms. The van der Waals surface area contributed by atoms with Crippen LogP contribution in [-0.4, -0.2) is 0 Å². The Morgan fingerprint density at radius 1 is 1.24 bits per heavy atom. The Morgan fingerprint density at radius 2 is 1.82 bits per heavy atom. The lowest BCUT2D eigenvalue weighted by Crippen LogP contribution is -2.27. The van der Waals surface area contributed by atoms with Crippen LogP contribution in [0.2, 0.25) is 0 Å². The Balaban J connectivity index is 2.47. The maximum atomic E-state index is 9.50. The molecule has 0 aromatic rings. The van der Waals surface area contributed by atoms with Gasteiger partial charge in [0.2, 0.25) is 0 Å². The van der Waals surface area contributed by atoms with Gasteiger partial charge in [-0.05, 0) is 49.9 Å².